The number of rotatable bonds is 2. The quantitative estimate of drug-likeness (QED) is 0.668. The van der Waals surface area contributed by atoms with E-state index in [-0.39, 0.29) is 6.42 Å². The molecule has 1 rings (SSSR count). The molecule has 0 radical (unpaired) electrons. The maximum atomic E-state index is 10.2. The van der Waals surface area contributed by atoms with E-state index in [1.54, 1.807) is 12.1 Å². The van der Waals surface area contributed by atoms with Crippen LogP contribution in [-0.4, -0.2) is 11.1 Å². The van der Waals surface area contributed by atoms with Crippen LogP contribution in [0, 0.1) is 10.8 Å². The molecule has 0 aliphatic rings. The van der Waals surface area contributed by atoms with E-state index in [0.717, 1.165) is 5.56 Å². The Bertz CT molecular complexity index is 256. The minimum absolute atomic E-state index is 0.112. The fraction of sp³-hybridized carbons (Fsp3) is 0.125. The standard InChI is InChI=1S/C8H8O2.N2/c9-8(10)6-7-4-2-1-3-5-7;1-2/h1-5H,6H2,(H,9,10);. The topological polar surface area (TPSA) is 84.9 Å². The second-order valence-electron chi connectivity index (χ2n) is 2.06. The summed E-state index contributed by atoms with van der Waals surface area (Å²) in [4.78, 5) is 10.2. The Morgan fingerprint density at radius 1 is 1.25 bits per heavy atom. The summed E-state index contributed by atoms with van der Waals surface area (Å²) in [5.41, 5.74) is 0.843. The first-order chi connectivity index (χ1) is 5.79. The lowest BCUT2D eigenvalue weighted by atomic mass is 10.2. The zero-order chi connectivity index (χ0) is 9.40. The molecule has 0 atom stereocenters. The smallest absolute Gasteiger partial charge is 0.307 e. The van der Waals surface area contributed by atoms with Crippen LogP contribution in [0.5, 0.6) is 0 Å². The van der Waals surface area contributed by atoms with Crippen LogP contribution in [0.25, 0.3) is 0 Å². The molecule has 0 aromatic heterocycles. The van der Waals surface area contributed by atoms with Gasteiger partial charge in [0.15, 0.2) is 0 Å². The maximum Gasteiger partial charge on any atom is 0.307 e. The van der Waals surface area contributed by atoms with Crippen LogP contribution in [0.4, 0.5) is 0 Å². The molecule has 0 fully saturated rings. The van der Waals surface area contributed by atoms with E-state index < -0.39 is 5.97 Å². The van der Waals surface area contributed by atoms with Gasteiger partial charge in [0.2, 0.25) is 0 Å². The third-order valence-electron chi connectivity index (χ3n) is 1.20. The molecule has 0 aliphatic heterocycles. The molecule has 0 aliphatic carbocycles. The molecule has 0 heterocycles. The van der Waals surface area contributed by atoms with Crippen molar-refractivity contribution in [2.75, 3.05) is 0 Å². The van der Waals surface area contributed by atoms with Gasteiger partial charge in [-0.1, -0.05) is 30.3 Å². The van der Waals surface area contributed by atoms with Crippen molar-refractivity contribution in [3.05, 3.63) is 35.9 Å². The van der Waals surface area contributed by atoms with Gasteiger partial charge in [0.1, 0.15) is 0 Å². The highest BCUT2D eigenvalue weighted by molar-refractivity contribution is 5.70. The fourth-order valence-electron chi connectivity index (χ4n) is 0.770. The molecule has 0 saturated carbocycles. The SMILES string of the molecule is N#N.O=C(O)Cc1ccccc1. The fourth-order valence-corrected chi connectivity index (χ4v) is 0.770. The Hall–Kier alpha value is -1.89. The Labute approximate surface area is 69.9 Å². The van der Waals surface area contributed by atoms with E-state index in [2.05, 4.69) is 0 Å². The Morgan fingerprint density at radius 2 is 1.75 bits per heavy atom. The third-order valence-corrected chi connectivity index (χ3v) is 1.20. The second kappa shape index (κ2) is 5.86. The summed E-state index contributed by atoms with van der Waals surface area (Å²) >= 11 is 0. The van der Waals surface area contributed by atoms with Gasteiger partial charge in [-0.3, -0.25) is 4.79 Å². The molecule has 12 heavy (non-hydrogen) atoms. The molecule has 62 valence electrons. The van der Waals surface area contributed by atoms with Crippen LogP contribution in [-0.2, 0) is 11.2 Å². The molecular weight excluding hydrogens is 156 g/mol. The van der Waals surface area contributed by atoms with E-state index in [1.165, 1.54) is 0 Å². The lowest BCUT2D eigenvalue weighted by Gasteiger charge is -1.92. The van der Waals surface area contributed by atoms with Gasteiger partial charge in [-0.25, -0.2) is 0 Å². The minimum atomic E-state index is -0.786. The van der Waals surface area contributed by atoms with Gasteiger partial charge in [0, 0.05) is 10.8 Å². The van der Waals surface area contributed by atoms with E-state index in [0.29, 0.717) is 0 Å². The monoisotopic (exact) mass is 164 g/mol. The van der Waals surface area contributed by atoms with Crippen molar-refractivity contribution in [2.45, 2.75) is 6.42 Å². The molecule has 1 aromatic rings. The molecular formula is C8H8N2O2. The van der Waals surface area contributed by atoms with E-state index >= 15 is 0 Å². The van der Waals surface area contributed by atoms with E-state index in [1.807, 2.05) is 18.2 Å². The van der Waals surface area contributed by atoms with Gasteiger partial charge in [-0.2, -0.15) is 0 Å². The molecule has 1 N–H and O–H groups in total. The van der Waals surface area contributed by atoms with Crippen molar-refractivity contribution in [1.29, 1.82) is 10.8 Å². The number of hydrogen-bond donors (Lipinski definition) is 1. The Morgan fingerprint density at radius 3 is 2.17 bits per heavy atom. The highest BCUT2D eigenvalue weighted by Crippen LogP contribution is 1.98. The summed E-state index contributed by atoms with van der Waals surface area (Å²) < 4.78 is 0. The minimum Gasteiger partial charge on any atom is -0.481 e. The molecule has 1 aromatic carbocycles. The van der Waals surface area contributed by atoms with E-state index in [9.17, 15) is 4.79 Å². The van der Waals surface area contributed by atoms with Gasteiger partial charge in [-0.15, -0.1) is 0 Å². The van der Waals surface area contributed by atoms with Gasteiger partial charge in [-0.05, 0) is 5.56 Å². The number of hydrogen-bond acceptors (Lipinski definition) is 3. The summed E-state index contributed by atoms with van der Waals surface area (Å²) in [7, 11) is 0. The number of carbonyl (C=O) groups is 1. The zero-order valence-electron chi connectivity index (χ0n) is 6.34. The van der Waals surface area contributed by atoms with Crippen LogP contribution in [0.2, 0.25) is 0 Å². The van der Waals surface area contributed by atoms with Gasteiger partial charge < -0.3 is 5.11 Å². The van der Waals surface area contributed by atoms with Crippen LogP contribution in [0.3, 0.4) is 0 Å². The van der Waals surface area contributed by atoms with Crippen molar-refractivity contribution in [1.82, 2.24) is 0 Å². The van der Waals surface area contributed by atoms with Gasteiger partial charge in [0.05, 0.1) is 6.42 Å². The second-order valence-corrected chi connectivity index (χ2v) is 2.06. The third kappa shape index (κ3) is 4.01. The summed E-state index contributed by atoms with van der Waals surface area (Å²) in [6.07, 6.45) is 0.112. The van der Waals surface area contributed by atoms with Crippen molar-refractivity contribution < 1.29 is 9.90 Å². The van der Waals surface area contributed by atoms with Crippen molar-refractivity contribution >= 4 is 5.97 Å². The average Bonchev–Trinajstić information content (AvgIpc) is 2.08. The first-order valence-corrected chi connectivity index (χ1v) is 3.25. The number of aliphatic carboxylic acids is 1. The van der Waals surface area contributed by atoms with E-state index in [4.69, 9.17) is 15.9 Å². The number of carboxylic acids is 1. The zero-order valence-corrected chi connectivity index (χ0v) is 6.34. The van der Waals surface area contributed by atoms with Crippen molar-refractivity contribution in [2.24, 2.45) is 0 Å². The van der Waals surface area contributed by atoms with Crippen LogP contribution in [0.15, 0.2) is 30.3 Å². The average molecular weight is 164 g/mol. The molecule has 4 nitrogen and oxygen atoms in total. The predicted molar refractivity (Wildman–Crippen MR) is 41.2 cm³/mol. The number of carboxylic acid groups (broad SMARTS) is 1. The maximum absolute atomic E-state index is 10.2. The predicted octanol–water partition coefficient (Wildman–Crippen LogP) is 1.34. The highest BCUT2D eigenvalue weighted by atomic mass is 16.4. The molecule has 0 bridgehead atoms. The summed E-state index contributed by atoms with van der Waals surface area (Å²) in [6, 6.07) is 9.13. The summed E-state index contributed by atoms with van der Waals surface area (Å²) in [6.45, 7) is 0. The first kappa shape index (κ1) is 10.1. The molecule has 0 saturated heterocycles. The normalized spacial score (nSPS) is 7.83. The molecule has 0 amide bonds. The Balaban J connectivity index is 0.000000561. The van der Waals surface area contributed by atoms with Gasteiger partial charge >= 0.3 is 5.97 Å². The van der Waals surface area contributed by atoms with Crippen LogP contribution < -0.4 is 0 Å². The summed E-state index contributed by atoms with van der Waals surface area (Å²) in [5, 5.41) is 20.4. The van der Waals surface area contributed by atoms with Crippen molar-refractivity contribution in [3.8, 4) is 0 Å². The highest BCUT2D eigenvalue weighted by Gasteiger charge is 1.96. The molecule has 0 spiro atoms. The Kier molecular flexibility index (Phi) is 4.94. The van der Waals surface area contributed by atoms with Crippen molar-refractivity contribution in [3.63, 3.8) is 0 Å². The lowest BCUT2D eigenvalue weighted by molar-refractivity contribution is -0.136. The molecule has 4 heteroatoms. The summed E-state index contributed by atoms with van der Waals surface area (Å²) in [5.74, 6) is -0.786. The van der Waals surface area contributed by atoms with Crippen LogP contribution in [0.1, 0.15) is 5.56 Å². The molecule has 0 unspecified atom stereocenters. The lowest BCUT2D eigenvalue weighted by Crippen LogP contribution is -1.98. The van der Waals surface area contributed by atoms with Crippen LogP contribution >= 0.6 is 0 Å². The number of benzene rings is 1. The first-order valence-electron chi connectivity index (χ1n) is 3.25. The number of nitrogens with zero attached hydrogens (tertiary/aromatic N) is 2. The van der Waals surface area contributed by atoms with Gasteiger partial charge in [0.25, 0.3) is 0 Å². The largest absolute Gasteiger partial charge is 0.481 e.